The van der Waals surface area contributed by atoms with Crippen molar-refractivity contribution in [3.05, 3.63) is 0 Å². The molecule has 0 rings (SSSR count). The molecule has 0 aliphatic carbocycles. The van der Waals surface area contributed by atoms with Gasteiger partial charge in [-0.2, -0.15) is 0 Å². The molecule has 0 aromatic carbocycles. The molecule has 0 unspecified atom stereocenters. The normalized spacial score (nSPS) is 11.6. The van der Waals surface area contributed by atoms with E-state index in [-0.39, 0.29) is 0 Å². The van der Waals surface area contributed by atoms with Crippen LogP contribution in [0.3, 0.4) is 0 Å². The number of hydrogen-bond donors (Lipinski definition) is 2. The summed E-state index contributed by atoms with van der Waals surface area (Å²) in [7, 11) is 1.69. The lowest BCUT2D eigenvalue weighted by molar-refractivity contribution is 0.138. The second kappa shape index (κ2) is 13.3. The summed E-state index contributed by atoms with van der Waals surface area (Å²) in [6.45, 7) is 8.70. The van der Waals surface area contributed by atoms with Crippen molar-refractivity contribution < 1.29 is 9.47 Å². The highest BCUT2D eigenvalue weighted by Gasteiger charge is 1.95. The summed E-state index contributed by atoms with van der Waals surface area (Å²) in [5, 5.41) is 6.35. The molecule has 102 valence electrons. The van der Waals surface area contributed by atoms with Crippen LogP contribution >= 0.6 is 0 Å². The van der Waals surface area contributed by atoms with Crippen LogP contribution in [0.5, 0.6) is 0 Å². The summed E-state index contributed by atoms with van der Waals surface area (Å²) in [6, 6.07) is 0. The van der Waals surface area contributed by atoms with Crippen LogP contribution in [-0.4, -0.2) is 52.5 Å². The number of guanidine groups is 1. The fraction of sp³-hybridized carbons (Fsp3) is 0.917. The SMILES string of the molecule is CCCCOCCN=C(NCC)NCCOC. The standard InChI is InChI=1S/C12H27N3O2/c1-4-6-9-17-11-8-15-12(13-5-2)14-7-10-16-3/h4-11H2,1-3H3,(H2,13,14,15). The quantitative estimate of drug-likeness (QED) is 0.342. The molecule has 0 saturated heterocycles. The van der Waals surface area contributed by atoms with Gasteiger partial charge < -0.3 is 20.1 Å². The lowest BCUT2D eigenvalue weighted by Gasteiger charge is -2.10. The summed E-state index contributed by atoms with van der Waals surface area (Å²) in [5.74, 6) is 0.823. The predicted octanol–water partition coefficient (Wildman–Crippen LogP) is 1.00. The summed E-state index contributed by atoms with van der Waals surface area (Å²) in [6.07, 6.45) is 2.29. The zero-order chi connectivity index (χ0) is 12.8. The lowest BCUT2D eigenvalue weighted by atomic mass is 10.4. The van der Waals surface area contributed by atoms with Crippen molar-refractivity contribution in [2.75, 3.05) is 46.6 Å². The zero-order valence-electron chi connectivity index (χ0n) is 11.4. The highest BCUT2D eigenvalue weighted by Crippen LogP contribution is 1.87. The molecule has 0 heterocycles. The molecule has 5 nitrogen and oxygen atoms in total. The highest BCUT2D eigenvalue weighted by atomic mass is 16.5. The summed E-state index contributed by atoms with van der Waals surface area (Å²) in [5.41, 5.74) is 0. The van der Waals surface area contributed by atoms with E-state index in [1.54, 1.807) is 7.11 Å². The van der Waals surface area contributed by atoms with Crippen LogP contribution in [0.15, 0.2) is 4.99 Å². The lowest BCUT2D eigenvalue weighted by Crippen LogP contribution is -2.39. The van der Waals surface area contributed by atoms with Crippen LogP contribution in [0.2, 0.25) is 0 Å². The van der Waals surface area contributed by atoms with Gasteiger partial charge in [0.1, 0.15) is 0 Å². The smallest absolute Gasteiger partial charge is 0.191 e. The Hall–Kier alpha value is -0.810. The molecule has 0 aromatic heterocycles. The van der Waals surface area contributed by atoms with Gasteiger partial charge in [0.25, 0.3) is 0 Å². The topological polar surface area (TPSA) is 54.9 Å². The first-order chi connectivity index (χ1) is 8.35. The molecule has 0 aliphatic rings. The molecule has 0 atom stereocenters. The van der Waals surface area contributed by atoms with Gasteiger partial charge in [0.15, 0.2) is 5.96 Å². The molecule has 0 amide bonds. The minimum absolute atomic E-state index is 0.678. The Labute approximate surface area is 105 Å². The highest BCUT2D eigenvalue weighted by molar-refractivity contribution is 5.79. The molecule has 0 bridgehead atoms. The average molecular weight is 245 g/mol. The molecule has 2 N–H and O–H groups in total. The monoisotopic (exact) mass is 245 g/mol. The maximum atomic E-state index is 5.44. The number of nitrogens with zero attached hydrogens (tertiary/aromatic N) is 1. The number of hydrogen-bond acceptors (Lipinski definition) is 3. The first kappa shape index (κ1) is 16.2. The van der Waals surface area contributed by atoms with Gasteiger partial charge >= 0.3 is 0 Å². The van der Waals surface area contributed by atoms with Crippen LogP contribution in [-0.2, 0) is 9.47 Å². The van der Waals surface area contributed by atoms with Crippen molar-refractivity contribution in [2.45, 2.75) is 26.7 Å². The van der Waals surface area contributed by atoms with Crippen molar-refractivity contribution >= 4 is 5.96 Å². The van der Waals surface area contributed by atoms with Crippen LogP contribution < -0.4 is 10.6 Å². The number of aliphatic imine (C=N–C) groups is 1. The predicted molar refractivity (Wildman–Crippen MR) is 71.6 cm³/mol. The largest absolute Gasteiger partial charge is 0.383 e. The van der Waals surface area contributed by atoms with E-state index < -0.39 is 0 Å². The van der Waals surface area contributed by atoms with Gasteiger partial charge in [-0.25, -0.2) is 0 Å². The fourth-order valence-corrected chi connectivity index (χ4v) is 1.18. The molecule has 0 fully saturated rings. The molecule has 0 radical (unpaired) electrons. The Morgan fingerprint density at radius 3 is 2.59 bits per heavy atom. The van der Waals surface area contributed by atoms with Gasteiger partial charge in [0.05, 0.1) is 19.8 Å². The van der Waals surface area contributed by atoms with Gasteiger partial charge in [-0.05, 0) is 13.3 Å². The number of methoxy groups -OCH3 is 1. The van der Waals surface area contributed by atoms with Crippen LogP contribution in [0.25, 0.3) is 0 Å². The summed E-state index contributed by atoms with van der Waals surface area (Å²) < 4.78 is 10.4. The van der Waals surface area contributed by atoms with E-state index in [4.69, 9.17) is 9.47 Å². The Bertz CT molecular complexity index is 187. The molecule has 0 aliphatic heterocycles. The number of nitrogens with one attached hydrogen (secondary N) is 2. The van der Waals surface area contributed by atoms with E-state index in [2.05, 4.69) is 22.5 Å². The first-order valence-corrected chi connectivity index (χ1v) is 6.44. The Morgan fingerprint density at radius 1 is 1.12 bits per heavy atom. The van der Waals surface area contributed by atoms with Crippen molar-refractivity contribution in [3.63, 3.8) is 0 Å². The molecule has 0 saturated carbocycles. The van der Waals surface area contributed by atoms with E-state index >= 15 is 0 Å². The maximum Gasteiger partial charge on any atom is 0.191 e. The second-order valence-electron chi connectivity index (χ2n) is 3.65. The van der Waals surface area contributed by atoms with E-state index in [1.165, 1.54) is 6.42 Å². The van der Waals surface area contributed by atoms with E-state index in [1.807, 2.05) is 6.92 Å². The van der Waals surface area contributed by atoms with Crippen molar-refractivity contribution in [3.8, 4) is 0 Å². The van der Waals surface area contributed by atoms with Gasteiger partial charge in [0.2, 0.25) is 0 Å². The Morgan fingerprint density at radius 2 is 1.94 bits per heavy atom. The van der Waals surface area contributed by atoms with E-state index in [0.29, 0.717) is 19.8 Å². The average Bonchev–Trinajstić information content (AvgIpc) is 2.34. The number of rotatable bonds is 10. The summed E-state index contributed by atoms with van der Waals surface area (Å²) in [4.78, 5) is 4.40. The van der Waals surface area contributed by atoms with Gasteiger partial charge in [-0.15, -0.1) is 0 Å². The molecule has 5 heteroatoms. The number of ether oxygens (including phenoxy) is 2. The van der Waals surface area contributed by atoms with Crippen LogP contribution in [0, 0.1) is 0 Å². The third-order valence-electron chi connectivity index (χ3n) is 2.09. The fourth-order valence-electron chi connectivity index (χ4n) is 1.18. The van der Waals surface area contributed by atoms with Gasteiger partial charge in [-0.1, -0.05) is 13.3 Å². The van der Waals surface area contributed by atoms with E-state index in [9.17, 15) is 0 Å². The molecule has 0 spiro atoms. The maximum absolute atomic E-state index is 5.44. The molecular formula is C12H27N3O2. The molecule has 0 aromatic rings. The van der Waals surface area contributed by atoms with Crippen molar-refractivity contribution in [2.24, 2.45) is 4.99 Å². The van der Waals surface area contributed by atoms with Crippen molar-refractivity contribution in [1.82, 2.24) is 10.6 Å². The molecular weight excluding hydrogens is 218 g/mol. The minimum Gasteiger partial charge on any atom is -0.383 e. The van der Waals surface area contributed by atoms with Crippen molar-refractivity contribution in [1.29, 1.82) is 0 Å². The third kappa shape index (κ3) is 11.5. The van der Waals surface area contributed by atoms with Crippen LogP contribution in [0.1, 0.15) is 26.7 Å². The van der Waals surface area contributed by atoms with Gasteiger partial charge in [0, 0.05) is 26.8 Å². The van der Waals surface area contributed by atoms with Gasteiger partial charge in [-0.3, -0.25) is 4.99 Å². The third-order valence-corrected chi connectivity index (χ3v) is 2.09. The first-order valence-electron chi connectivity index (χ1n) is 6.44. The summed E-state index contributed by atoms with van der Waals surface area (Å²) >= 11 is 0. The zero-order valence-corrected chi connectivity index (χ0v) is 11.4. The van der Waals surface area contributed by atoms with Crippen LogP contribution in [0.4, 0.5) is 0 Å². The number of unbranched alkanes of at least 4 members (excludes halogenated alkanes) is 1. The Balaban J connectivity index is 3.62. The van der Waals surface area contributed by atoms with E-state index in [0.717, 1.165) is 32.1 Å². The second-order valence-corrected chi connectivity index (χ2v) is 3.65. The Kier molecular flexibility index (Phi) is 12.6. The minimum atomic E-state index is 0.678. The molecule has 17 heavy (non-hydrogen) atoms.